The first-order chi connectivity index (χ1) is 18.6. The fraction of sp³-hybridized carbons (Fsp3) is 0.733. The standard InChI is InChI=1S/C30H46N2O7/c1-5-6-7-27(34)32-24-12-19(3)25(38-20(24)4)10-8-18(2)9-11-26-29(36)30(17-37-30)16-23(39-26)15-28(35)31-21-13-22(33)14-21/h6-9,11,19-26,29,33,36H,5,10,12-17H2,1-4H3,(H,31,35)(H,32,34)/b7-6-,11-9+,18-8+/t19-,20+,21?,22?,23+,24+,25-,26+,29+,30+/m0/s1. The zero-order valence-electron chi connectivity index (χ0n) is 23.7. The Bertz CT molecular complexity index is 953. The number of hydrogen-bond acceptors (Lipinski definition) is 7. The SMILES string of the molecule is CC/C=C\C(=O)N[C@@H]1C[C@H](C)[C@H](C/C=C(C)/C=C/[C@H]2O[C@H](CC(=O)NC3CC(O)C3)C[C@@]3(CO3)[C@@H]2O)O[C@@H]1C. The number of allylic oxidation sites excluding steroid dienone is 3. The van der Waals surface area contributed by atoms with Crippen molar-refractivity contribution in [3.8, 4) is 0 Å². The summed E-state index contributed by atoms with van der Waals surface area (Å²) in [6.07, 6.45) is 11.7. The zero-order valence-corrected chi connectivity index (χ0v) is 23.7. The first kappa shape index (κ1) is 29.9. The molecule has 1 aliphatic carbocycles. The summed E-state index contributed by atoms with van der Waals surface area (Å²) >= 11 is 0. The Morgan fingerprint density at radius 3 is 2.49 bits per heavy atom. The number of aliphatic hydroxyl groups is 2. The van der Waals surface area contributed by atoms with Crippen LogP contribution in [-0.4, -0.2) is 82.9 Å². The molecule has 0 aromatic carbocycles. The third kappa shape index (κ3) is 8.01. The van der Waals surface area contributed by atoms with Gasteiger partial charge in [-0.3, -0.25) is 9.59 Å². The molecule has 9 heteroatoms. The molecular formula is C30H46N2O7. The normalized spacial score (nSPS) is 40.6. The van der Waals surface area contributed by atoms with Gasteiger partial charge in [0.15, 0.2) is 0 Å². The van der Waals surface area contributed by atoms with Crippen LogP contribution in [0.2, 0.25) is 0 Å². The Morgan fingerprint density at radius 1 is 1.08 bits per heavy atom. The number of carbonyl (C=O) groups excluding carboxylic acids is 2. The van der Waals surface area contributed by atoms with Crippen molar-refractivity contribution < 1.29 is 34.0 Å². The van der Waals surface area contributed by atoms with Crippen molar-refractivity contribution in [1.82, 2.24) is 10.6 Å². The predicted molar refractivity (Wildman–Crippen MR) is 147 cm³/mol. The molecule has 1 spiro atoms. The summed E-state index contributed by atoms with van der Waals surface area (Å²) in [6.45, 7) is 8.63. The van der Waals surface area contributed by atoms with E-state index in [0.717, 1.165) is 24.8 Å². The van der Waals surface area contributed by atoms with Crippen molar-refractivity contribution >= 4 is 11.8 Å². The highest BCUT2D eigenvalue weighted by Crippen LogP contribution is 2.43. The van der Waals surface area contributed by atoms with E-state index >= 15 is 0 Å². The van der Waals surface area contributed by atoms with Crippen LogP contribution in [-0.2, 0) is 23.8 Å². The number of aliphatic hydroxyl groups excluding tert-OH is 2. The van der Waals surface area contributed by atoms with Crippen molar-refractivity contribution in [1.29, 1.82) is 0 Å². The van der Waals surface area contributed by atoms with E-state index in [1.165, 1.54) is 0 Å². The summed E-state index contributed by atoms with van der Waals surface area (Å²) in [7, 11) is 0. The quantitative estimate of drug-likeness (QED) is 0.188. The Hall–Kier alpha value is -2.04. The summed E-state index contributed by atoms with van der Waals surface area (Å²) < 4.78 is 18.0. The van der Waals surface area contributed by atoms with Gasteiger partial charge in [-0.1, -0.05) is 43.7 Å². The van der Waals surface area contributed by atoms with Crippen LogP contribution in [0.1, 0.15) is 72.6 Å². The molecule has 39 heavy (non-hydrogen) atoms. The molecule has 8 atom stereocenters. The molecule has 0 radical (unpaired) electrons. The highest BCUT2D eigenvalue weighted by Gasteiger charge is 2.58. The molecule has 3 saturated heterocycles. The highest BCUT2D eigenvalue weighted by molar-refractivity contribution is 5.87. The van der Waals surface area contributed by atoms with Crippen LogP contribution < -0.4 is 10.6 Å². The Balaban J connectivity index is 1.27. The fourth-order valence-electron chi connectivity index (χ4n) is 5.79. The molecular weight excluding hydrogens is 500 g/mol. The molecule has 0 bridgehead atoms. The molecule has 4 aliphatic rings. The van der Waals surface area contributed by atoms with E-state index in [4.69, 9.17) is 14.2 Å². The van der Waals surface area contributed by atoms with Gasteiger partial charge >= 0.3 is 0 Å². The topological polar surface area (TPSA) is 130 Å². The van der Waals surface area contributed by atoms with E-state index in [0.29, 0.717) is 31.8 Å². The predicted octanol–water partition coefficient (Wildman–Crippen LogP) is 2.46. The van der Waals surface area contributed by atoms with E-state index in [1.54, 1.807) is 6.08 Å². The van der Waals surface area contributed by atoms with Gasteiger partial charge in [-0.25, -0.2) is 0 Å². The maximum absolute atomic E-state index is 12.5. The van der Waals surface area contributed by atoms with Gasteiger partial charge in [0.05, 0.1) is 43.5 Å². The molecule has 9 nitrogen and oxygen atoms in total. The molecule has 2 amide bonds. The van der Waals surface area contributed by atoms with E-state index in [-0.39, 0.29) is 54.7 Å². The van der Waals surface area contributed by atoms with Crippen molar-refractivity contribution in [2.24, 2.45) is 5.92 Å². The third-order valence-corrected chi connectivity index (χ3v) is 8.45. The van der Waals surface area contributed by atoms with Crippen molar-refractivity contribution in [2.75, 3.05) is 6.61 Å². The Labute approximate surface area is 232 Å². The highest BCUT2D eigenvalue weighted by atomic mass is 16.6. The number of epoxide rings is 1. The summed E-state index contributed by atoms with van der Waals surface area (Å²) in [5.74, 6) is 0.119. The van der Waals surface area contributed by atoms with E-state index in [1.807, 2.05) is 39.0 Å². The number of hydrogen-bond donors (Lipinski definition) is 4. The number of amides is 2. The molecule has 0 aromatic rings. The molecule has 0 unspecified atom stereocenters. The lowest BCUT2D eigenvalue weighted by molar-refractivity contribution is -0.146. The number of nitrogens with one attached hydrogen (secondary N) is 2. The minimum atomic E-state index is -0.787. The van der Waals surface area contributed by atoms with Gasteiger partial charge in [-0.05, 0) is 57.9 Å². The van der Waals surface area contributed by atoms with Gasteiger partial charge in [0.2, 0.25) is 11.8 Å². The van der Waals surface area contributed by atoms with Crippen LogP contribution in [0.25, 0.3) is 0 Å². The average molecular weight is 547 g/mol. The summed E-state index contributed by atoms with van der Waals surface area (Å²) in [5, 5.41) is 26.3. The van der Waals surface area contributed by atoms with Crippen molar-refractivity contribution in [3.63, 3.8) is 0 Å². The van der Waals surface area contributed by atoms with Crippen molar-refractivity contribution in [3.05, 3.63) is 36.0 Å². The lowest BCUT2D eigenvalue weighted by Gasteiger charge is -2.39. The van der Waals surface area contributed by atoms with Crippen LogP contribution in [0.3, 0.4) is 0 Å². The molecule has 0 aromatic heterocycles. The van der Waals surface area contributed by atoms with Crippen molar-refractivity contribution in [2.45, 2.75) is 127 Å². The van der Waals surface area contributed by atoms with E-state index in [9.17, 15) is 19.8 Å². The molecule has 4 rings (SSSR count). The number of carbonyl (C=O) groups is 2. The van der Waals surface area contributed by atoms with Crippen LogP contribution in [0.15, 0.2) is 36.0 Å². The van der Waals surface area contributed by atoms with Crippen LogP contribution in [0, 0.1) is 5.92 Å². The monoisotopic (exact) mass is 546 g/mol. The second-order valence-corrected chi connectivity index (χ2v) is 11.9. The minimum absolute atomic E-state index is 0.00697. The second kappa shape index (κ2) is 13.1. The van der Waals surface area contributed by atoms with Gasteiger partial charge in [0.1, 0.15) is 17.8 Å². The maximum Gasteiger partial charge on any atom is 0.243 e. The molecule has 3 heterocycles. The average Bonchev–Trinajstić information content (AvgIpc) is 3.64. The number of ether oxygens (including phenoxy) is 3. The van der Waals surface area contributed by atoms with Crippen LogP contribution in [0.4, 0.5) is 0 Å². The van der Waals surface area contributed by atoms with E-state index in [2.05, 4.69) is 23.6 Å². The first-order valence-electron chi connectivity index (χ1n) is 14.5. The van der Waals surface area contributed by atoms with Gasteiger partial charge in [0, 0.05) is 12.5 Å². The zero-order chi connectivity index (χ0) is 28.2. The molecule has 3 aliphatic heterocycles. The van der Waals surface area contributed by atoms with Gasteiger partial charge in [-0.15, -0.1) is 0 Å². The van der Waals surface area contributed by atoms with Crippen LogP contribution in [0.5, 0.6) is 0 Å². The Kier molecular flexibility index (Phi) is 10.0. The lowest BCUT2D eigenvalue weighted by atomic mass is 9.86. The smallest absolute Gasteiger partial charge is 0.243 e. The maximum atomic E-state index is 12.5. The van der Waals surface area contributed by atoms with E-state index < -0.39 is 17.8 Å². The molecule has 4 fully saturated rings. The summed E-state index contributed by atoms with van der Waals surface area (Å²) in [6, 6.07) is 0.0233. The van der Waals surface area contributed by atoms with Gasteiger partial charge in [-0.2, -0.15) is 0 Å². The third-order valence-electron chi connectivity index (χ3n) is 8.45. The first-order valence-corrected chi connectivity index (χ1v) is 14.5. The number of rotatable bonds is 10. The Morgan fingerprint density at radius 2 is 1.82 bits per heavy atom. The fourth-order valence-corrected chi connectivity index (χ4v) is 5.79. The van der Waals surface area contributed by atoms with Gasteiger partial charge < -0.3 is 35.1 Å². The molecule has 218 valence electrons. The molecule has 4 N–H and O–H groups in total. The molecule has 1 saturated carbocycles. The summed E-state index contributed by atoms with van der Waals surface area (Å²) in [4.78, 5) is 24.6. The largest absolute Gasteiger partial charge is 0.393 e. The lowest BCUT2D eigenvalue weighted by Crippen LogP contribution is -2.52. The summed E-state index contributed by atoms with van der Waals surface area (Å²) in [5.41, 5.74) is 0.394. The van der Waals surface area contributed by atoms with Crippen LogP contribution >= 0.6 is 0 Å². The minimum Gasteiger partial charge on any atom is -0.393 e. The second-order valence-electron chi connectivity index (χ2n) is 11.9. The van der Waals surface area contributed by atoms with Gasteiger partial charge in [0.25, 0.3) is 0 Å².